The minimum atomic E-state index is -0.489. The quantitative estimate of drug-likeness (QED) is 0.774. The fourth-order valence-electron chi connectivity index (χ4n) is 2.68. The second-order valence-corrected chi connectivity index (χ2v) is 7.39. The molecule has 5 heteroatoms. The zero-order chi connectivity index (χ0) is 18.7. The van der Waals surface area contributed by atoms with E-state index in [4.69, 9.17) is 9.47 Å². The predicted molar refractivity (Wildman–Crippen MR) is 99.5 cm³/mol. The van der Waals surface area contributed by atoms with Gasteiger partial charge in [0.05, 0.1) is 13.1 Å². The van der Waals surface area contributed by atoms with Gasteiger partial charge in [-0.1, -0.05) is 36.4 Å². The van der Waals surface area contributed by atoms with Gasteiger partial charge in [0.25, 0.3) is 0 Å². The van der Waals surface area contributed by atoms with Gasteiger partial charge < -0.3 is 14.4 Å². The Labute approximate surface area is 153 Å². The van der Waals surface area contributed by atoms with Gasteiger partial charge in [-0.2, -0.15) is 0 Å². The summed E-state index contributed by atoms with van der Waals surface area (Å²) >= 11 is 0. The van der Waals surface area contributed by atoms with Gasteiger partial charge in [0.1, 0.15) is 23.7 Å². The van der Waals surface area contributed by atoms with Crippen molar-refractivity contribution in [2.24, 2.45) is 0 Å². The first-order chi connectivity index (χ1) is 12.3. The molecule has 0 radical (unpaired) electrons. The fraction of sp³-hybridized carbons (Fsp3) is 0.333. The summed E-state index contributed by atoms with van der Waals surface area (Å²) in [5.41, 5.74) is 2.20. The Morgan fingerprint density at radius 3 is 2.38 bits per heavy atom. The van der Waals surface area contributed by atoms with Crippen LogP contribution in [0.2, 0.25) is 0 Å². The molecule has 136 valence electrons. The predicted octanol–water partition coefficient (Wildman–Crippen LogP) is 4.16. The van der Waals surface area contributed by atoms with E-state index in [0.29, 0.717) is 18.7 Å². The lowest BCUT2D eigenvalue weighted by Crippen LogP contribution is -2.57. The maximum Gasteiger partial charge on any atom is 0.410 e. The lowest BCUT2D eigenvalue weighted by atomic mass is 10.0. The number of rotatable bonds is 4. The first-order valence-electron chi connectivity index (χ1n) is 8.64. The summed E-state index contributed by atoms with van der Waals surface area (Å²) in [6.45, 7) is 6.60. The Balaban J connectivity index is 1.58. The standard InChI is InChI=1S/C21H23NO4/c1-21(2,3)26-20(24)22-12-19(13-22)25-18-6-4-5-17(11-18)16-9-7-15(14-23)8-10-16/h4-11,14,19H,12-13H2,1-3H3. The molecule has 1 heterocycles. The van der Waals surface area contributed by atoms with Crippen molar-refractivity contribution in [1.82, 2.24) is 4.90 Å². The molecular formula is C21H23NO4. The van der Waals surface area contributed by atoms with E-state index in [1.54, 1.807) is 17.0 Å². The third-order valence-corrected chi connectivity index (χ3v) is 4.02. The van der Waals surface area contributed by atoms with Crippen LogP contribution in [-0.4, -0.2) is 42.1 Å². The second-order valence-electron chi connectivity index (χ2n) is 7.39. The molecule has 3 rings (SSSR count). The van der Waals surface area contributed by atoms with Crippen LogP contribution in [0.4, 0.5) is 4.79 Å². The number of hydrogen-bond donors (Lipinski definition) is 0. The highest BCUT2D eigenvalue weighted by atomic mass is 16.6. The second kappa shape index (κ2) is 7.20. The number of nitrogens with zero attached hydrogens (tertiary/aromatic N) is 1. The molecule has 0 N–H and O–H groups in total. The van der Waals surface area contributed by atoms with Crippen LogP contribution in [0.5, 0.6) is 5.75 Å². The summed E-state index contributed by atoms with van der Waals surface area (Å²) < 4.78 is 11.3. The van der Waals surface area contributed by atoms with Gasteiger partial charge in [0, 0.05) is 5.56 Å². The minimum absolute atomic E-state index is 0.0322. The Morgan fingerprint density at radius 2 is 1.77 bits per heavy atom. The lowest BCUT2D eigenvalue weighted by molar-refractivity contribution is -0.0221. The van der Waals surface area contributed by atoms with Gasteiger partial charge in [0.15, 0.2) is 0 Å². The molecule has 5 nitrogen and oxygen atoms in total. The third kappa shape index (κ3) is 4.42. The van der Waals surface area contributed by atoms with E-state index in [2.05, 4.69) is 0 Å². The smallest absolute Gasteiger partial charge is 0.410 e. The Bertz CT molecular complexity index is 786. The van der Waals surface area contributed by atoms with E-state index >= 15 is 0 Å². The van der Waals surface area contributed by atoms with Crippen molar-refractivity contribution in [2.45, 2.75) is 32.5 Å². The number of carbonyl (C=O) groups is 2. The van der Waals surface area contributed by atoms with Crippen molar-refractivity contribution in [3.8, 4) is 16.9 Å². The summed E-state index contributed by atoms with van der Waals surface area (Å²) in [6.07, 6.45) is 0.493. The van der Waals surface area contributed by atoms with Gasteiger partial charge >= 0.3 is 6.09 Å². The molecule has 1 aliphatic rings. The lowest BCUT2D eigenvalue weighted by Gasteiger charge is -2.39. The highest BCUT2D eigenvalue weighted by molar-refractivity contribution is 5.77. The van der Waals surface area contributed by atoms with E-state index in [9.17, 15) is 9.59 Å². The van der Waals surface area contributed by atoms with Crippen LogP contribution >= 0.6 is 0 Å². The highest BCUT2D eigenvalue weighted by Crippen LogP contribution is 2.26. The average molecular weight is 353 g/mol. The summed E-state index contributed by atoms with van der Waals surface area (Å²) in [4.78, 5) is 24.4. The summed E-state index contributed by atoms with van der Waals surface area (Å²) in [7, 11) is 0. The van der Waals surface area contributed by atoms with Crippen LogP contribution in [-0.2, 0) is 4.74 Å². The monoisotopic (exact) mass is 353 g/mol. The number of ether oxygens (including phenoxy) is 2. The number of carbonyl (C=O) groups excluding carboxylic acids is 2. The Morgan fingerprint density at radius 1 is 1.08 bits per heavy atom. The number of benzene rings is 2. The third-order valence-electron chi connectivity index (χ3n) is 4.02. The molecule has 1 saturated heterocycles. The summed E-state index contributed by atoms with van der Waals surface area (Å²) in [5.74, 6) is 0.760. The van der Waals surface area contributed by atoms with Gasteiger partial charge in [-0.3, -0.25) is 4.79 Å². The molecule has 0 unspecified atom stereocenters. The molecule has 26 heavy (non-hydrogen) atoms. The van der Waals surface area contributed by atoms with Crippen molar-refractivity contribution in [2.75, 3.05) is 13.1 Å². The van der Waals surface area contributed by atoms with Crippen LogP contribution in [0.15, 0.2) is 48.5 Å². The van der Waals surface area contributed by atoms with E-state index in [1.807, 2.05) is 57.2 Å². The van der Waals surface area contributed by atoms with Gasteiger partial charge in [-0.05, 0) is 44.0 Å². The molecular weight excluding hydrogens is 330 g/mol. The molecule has 0 aromatic heterocycles. The van der Waals surface area contributed by atoms with E-state index in [0.717, 1.165) is 23.2 Å². The van der Waals surface area contributed by atoms with Crippen LogP contribution in [0.3, 0.4) is 0 Å². The molecule has 1 aliphatic heterocycles. The van der Waals surface area contributed by atoms with Crippen LogP contribution in [0.25, 0.3) is 11.1 Å². The van der Waals surface area contributed by atoms with Crippen molar-refractivity contribution in [3.63, 3.8) is 0 Å². The zero-order valence-corrected chi connectivity index (χ0v) is 15.3. The maximum absolute atomic E-state index is 12.0. The molecule has 1 amide bonds. The average Bonchev–Trinajstić information content (AvgIpc) is 2.56. The van der Waals surface area contributed by atoms with Crippen molar-refractivity contribution in [3.05, 3.63) is 54.1 Å². The van der Waals surface area contributed by atoms with Crippen LogP contribution in [0, 0.1) is 0 Å². The molecule has 0 saturated carbocycles. The minimum Gasteiger partial charge on any atom is -0.487 e. The van der Waals surface area contributed by atoms with Gasteiger partial charge in [-0.25, -0.2) is 4.79 Å². The van der Waals surface area contributed by atoms with Crippen LogP contribution < -0.4 is 4.74 Å². The fourth-order valence-corrected chi connectivity index (χ4v) is 2.68. The first-order valence-corrected chi connectivity index (χ1v) is 8.64. The number of hydrogen-bond acceptors (Lipinski definition) is 4. The highest BCUT2D eigenvalue weighted by Gasteiger charge is 2.35. The zero-order valence-electron chi connectivity index (χ0n) is 15.3. The van der Waals surface area contributed by atoms with Gasteiger partial charge in [0.2, 0.25) is 0 Å². The normalized spacial score (nSPS) is 14.5. The summed E-state index contributed by atoms with van der Waals surface area (Å²) in [6, 6.07) is 15.2. The largest absolute Gasteiger partial charge is 0.487 e. The molecule has 2 aromatic rings. The van der Waals surface area contributed by atoms with Crippen molar-refractivity contribution in [1.29, 1.82) is 0 Å². The molecule has 0 bridgehead atoms. The number of likely N-dealkylation sites (tertiary alicyclic amines) is 1. The molecule has 0 atom stereocenters. The molecule has 2 aromatic carbocycles. The maximum atomic E-state index is 12.0. The van der Waals surface area contributed by atoms with E-state index < -0.39 is 5.60 Å². The molecule has 0 spiro atoms. The van der Waals surface area contributed by atoms with E-state index in [-0.39, 0.29) is 12.2 Å². The number of aldehydes is 1. The first kappa shape index (κ1) is 18.0. The topological polar surface area (TPSA) is 55.8 Å². The van der Waals surface area contributed by atoms with E-state index in [1.165, 1.54) is 0 Å². The van der Waals surface area contributed by atoms with Crippen molar-refractivity contribution < 1.29 is 19.1 Å². The SMILES string of the molecule is CC(C)(C)OC(=O)N1CC(Oc2cccc(-c3ccc(C=O)cc3)c2)C1. The van der Waals surface area contributed by atoms with Gasteiger partial charge in [-0.15, -0.1) is 0 Å². The molecule has 1 fully saturated rings. The Hall–Kier alpha value is -2.82. The Kier molecular flexibility index (Phi) is 4.98. The van der Waals surface area contributed by atoms with Crippen molar-refractivity contribution >= 4 is 12.4 Å². The number of amides is 1. The van der Waals surface area contributed by atoms with Crippen LogP contribution in [0.1, 0.15) is 31.1 Å². The summed E-state index contributed by atoms with van der Waals surface area (Å²) in [5, 5.41) is 0. The molecule has 0 aliphatic carbocycles.